The minimum absolute atomic E-state index is 0.128. The van der Waals surface area contributed by atoms with Crippen LogP contribution in [0, 0.1) is 0 Å². The number of hydroxylamine groups is 2. The Morgan fingerprint density at radius 3 is 2.67 bits per heavy atom. The summed E-state index contributed by atoms with van der Waals surface area (Å²) in [5, 5.41) is 10.5. The number of hydrogen-bond acceptors (Lipinski definition) is 7. The number of amides is 1. The Morgan fingerprint density at radius 1 is 1.18 bits per heavy atom. The number of pyridine rings is 1. The molecule has 0 radical (unpaired) electrons. The van der Waals surface area contributed by atoms with E-state index < -0.39 is 0 Å². The maximum Gasteiger partial charge on any atom is 0.272 e. The summed E-state index contributed by atoms with van der Waals surface area (Å²) in [6.07, 6.45) is 6.28. The molecule has 0 spiro atoms. The maximum absolute atomic E-state index is 13.0. The molecule has 2 saturated heterocycles. The molecule has 2 aromatic rings. The first-order valence-corrected chi connectivity index (χ1v) is 12.5. The summed E-state index contributed by atoms with van der Waals surface area (Å²) in [5.41, 5.74) is 1.09. The van der Waals surface area contributed by atoms with Gasteiger partial charge in [-0.3, -0.25) is 9.63 Å². The summed E-state index contributed by atoms with van der Waals surface area (Å²) in [6.45, 7) is 10.0. The maximum atomic E-state index is 13.0. The van der Waals surface area contributed by atoms with E-state index in [1.54, 1.807) is 4.68 Å². The molecule has 0 atom stereocenters. The molecule has 1 N–H and O–H groups in total. The minimum Gasteiger partial charge on any atom is -0.474 e. The monoisotopic (exact) mass is 458 g/mol. The van der Waals surface area contributed by atoms with E-state index in [2.05, 4.69) is 39.2 Å². The van der Waals surface area contributed by atoms with Crippen molar-refractivity contribution in [2.45, 2.75) is 64.5 Å². The molecule has 0 bridgehead atoms. The number of carbonyl (C=O) groups excluding carboxylic acids is 1. The van der Waals surface area contributed by atoms with Crippen LogP contribution >= 0.6 is 0 Å². The number of piperidine rings is 1. The molecule has 182 valence electrons. The van der Waals surface area contributed by atoms with Gasteiger partial charge in [0, 0.05) is 51.9 Å². The van der Waals surface area contributed by atoms with Gasteiger partial charge in [-0.25, -0.2) is 4.68 Å². The molecule has 2 aromatic heterocycles. The molecular formula is C24H38N6O3. The molecule has 1 amide bonds. The minimum atomic E-state index is -0.128. The quantitative estimate of drug-likeness (QED) is 0.618. The molecule has 4 rings (SSSR count). The normalized spacial score (nSPS) is 18.8. The van der Waals surface area contributed by atoms with E-state index >= 15 is 0 Å². The molecule has 0 aliphatic carbocycles. The van der Waals surface area contributed by atoms with Crippen LogP contribution < -0.4 is 10.1 Å². The summed E-state index contributed by atoms with van der Waals surface area (Å²) in [4.78, 5) is 25.8. The van der Waals surface area contributed by atoms with Gasteiger partial charge in [-0.05, 0) is 44.6 Å². The predicted octanol–water partition coefficient (Wildman–Crippen LogP) is 2.76. The van der Waals surface area contributed by atoms with Crippen molar-refractivity contribution in [3.05, 3.63) is 17.8 Å². The van der Waals surface area contributed by atoms with E-state index in [0.29, 0.717) is 17.2 Å². The fourth-order valence-corrected chi connectivity index (χ4v) is 4.61. The van der Waals surface area contributed by atoms with Crippen molar-refractivity contribution in [3.63, 3.8) is 0 Å². The predicted molar refractivity (Wildman–Crippen MR) is 127 cm³/mol. The lowest BCUT2D eigenvalue weighted by atomic mass is 10.0. The Balaban J connectivity index is 1.30. The van der Waals surface area contributed by atoms with Crippen molar-refractivity contribution in [2.24, 2.45) is 7.05 Å². The Kier molecular flexibility index (Phi) is 8.16. The number of nitrogens with zero attached hydrogens (tertiary/aromatic N) is 5. The van der Waals surface area contributed by atoms with Crippen molar-refractivity contribution < 1.29 is 14.4 Å². The highest BCUT2D eigenvalue weighted by molar-refractivity contribution is 6.04. The zero-order valence-electron chi connectivity index (χ0n) is 20.3. The average molecular weight is 459 g/mol. The second-order valence-corrected chi connectivity index (χ2v) is 9.11. The van der Waals surface area contributed by atoms with Crippen LogP contribution in [0.25, 0.3) is 11.0 Å². The van der Waals surface area contributed by atoms with Gasteiger partial charge in [-0.1, -0.05) is 13.8 Å². The Morgan fingerprint density at radius 2 is 1.97 bits per heavy atom. The van der Waals surface area contributed by atoms with Gasteiger partial charge < -0.3 is 15.0 Å². The van der Waals surface area contributed by atoms with Gasteiger partial charge in [0.05, 0.1) is 18.1 Å². The zero-order valence-corrected chi connectivity index (χ0v) is 20.3. The number of likely N-dealkylation sites (tertiary alicyclic amines) is 1. The molecule has 0 aromatic carbocycles. The van der Waals surface area contributed by atoms with E-state index in [0.717, 1.165) is 76.8 Å². The number of nitrogens with one attached hydrogen (secondary N) is 1. The molecule has 2 fully saturated rings. The van der Waals surface area contributed by atoms with Crippen molar-refractivity contribution >= 4 is 16.9 Å². The third-order valence-corrected chi connectivity index (χ3v) is 6.74. The first-order valence-electron chi connectivity index (χ1n) is 12.5. The summed E-state index contributed by atoms with van der Waals surface area (Å²) in [6, 6.07) is 3.90. The molecular weight excluding hydrogens is 420 g/mol. The Labute approximate surface area is 196 Å². The van der Waals surface area contributed by atoms with E-state index in [1.807, 2.05) is 19.2 Å². The lowest BCUT2D eigenvalue weighted by molar-refractivity contribution is -0.182. The number of ether oxygens (including phenoxy) is 1. The molecule has 0 saturated carbocycles. The highest BCUT2D eigenvalue weighted by Crippen LogP contribution is 2.22. The largest absolute Gasteiger partial charge is 0.474 e. The zero-order chi connectivity index (χ0) is 23.2. The van der Waals surface area contributed by atoms with Gasteiger partial charge in [0.15, 0.2) is 11.3 Å². The number of aryl methyl sites for hydroxylation is 1. The Hall–Kier alpha value is -2.23. The van der Waals surface area contributed by atoms with Crippen LogP contribution in [-0.4, -0.2) is 82.1 Å². The third-order valence-electron chi connectivity index (χ3n) is 6.74. The van der Waals surface area contributed by atoms with E-state index in [9.17, 15) is 4.79 Å². The van der Waals surface area contributed by atoms with Gasteiger partial charge >= 0.3 is 0 Å². The Bertz CT molecular complexity index is 914. The second kappa shape index (κ2) is 11.3. The summed E-state index contributed by atoms with van der Waals surface area (Å²) in [7, 11) is 1.82. The van der Waals surface area contributed by atoms with Gasteiger partial charge in [0.25, 0.3) is 5.91 Å². The summed E-state index contributed by atoms with van der Waals surface area (Å²) >= 11 is 0. The molecule has 4 heterocycles. The second-order valence-electron chi connectivity index (χ2n) is 9.11. The van der Waals surface area contributed by atoms with Crippen LogP contribution in [-0.2, 0) is 11.9 Å². The molecule has 2 aliphatic heterocycles. The van der Waals surface area contributed by atoms with Crippen molar-refractivity contribution in [3.8, 4) is 5.88 Å². The van der Waals surface area contributed by atoms with Crippen LogP contribution in [0.1, 0.15) is 62.9 Å². The molecule has 2 aliphatic rings. The highest BCUT2D eigenvalue weighted by Gasteiger charge is 2.25. The molecule has 33 heavy (non-hydrogen) atoms. The lowest BCUT2D eigenvalue weighted by Crippen LogP contribution is -2.47. The van der Waals surface area contributed by atoms with Crippen molar-refractivity contribution in [1.82, 2.24) is 30.0 Å². The number of carbonyl (C=O) groups is 1. The smallest absolute Gasteiger partial charge is 0.272 e. The fourth-order valence-electron chi connectivity index (χ4n) is 4.61. The number of rotatable bonds is 9. The van der Waals surface area contributed by atoms with Crippen LogP contribution in [0.3, 0.4) is 0 Å². The van der Waals surface area contributed by atoms with Crippen LogP contribution in [0.2, 0.25) is 0 Å². The van der Waals surface area contributed by atoms with Crippen LogP contribution in [0.5, 0.6) is 5.88 Å². The van der Waals surface area contributed by atoms with Crippen molar-refractivity contribution in [2.75, 3.05) is 39.3 Å². The SMILES string of the molecule is CCC(CC)Oc1ccc2c(C(=O)NC3CCN(CCN4CCCCO4)CC3)nn(C)c2n1. The highest BCUT2D eigenvalue weighted by atomic mass is 16.7. The van der Waals surface area contributed by atoms with E-state index in [-0.39, 0.29) is 18.1 Å². The third kappa shape index (κ3) is 6.02. The molecule has 9 nitrogen and oxygen atoms in total. The summed E-state index contributed by atoms with van der Waals surface area (Å²) < 4.78 is 7.63. The lowest BCUT2D eigenvalue weighted by Gasteiger charge is -2.34. The van der Waals surface area contributed by atoms with Crippen LogP contribution in [0.4, 0.5) is 0 Å². The number of aromatic nitrogens is 3. The molecule has 9 heteroatoms. The van der Waals surface area contributed by atoms with Gasteiger partial charge in [-0.2, -0.15) is 15.1 Å². The average Bonchev–Trinajstić information content (AvgIpc) is 3.18. The number of fused-ring (bicyclic) bond motifs is 1. The van der Waals surface area contributed by atoms with Gasteiger partial charge in [-0.15, -0.1) is 0 Å². The van der Waals surface area contributed by atoms with Crippen LogP contribution in [0.15, 0.2) is 12.1 Å². The summed E-state index contributed by atoms with van der Waals surface area (Å²) in [5.74, 6) is 0.449. The van der Waals surface area contributed by atoms with Crippen molar-refractivity contribution in [1.29, 1.82) is 0 Å². The first kappa shape index (κ1) is 23.9. The molecule has 0 unspecified atom stereocenters. The van der Waals surface area contributed by atoms with Gasteiger partial charge in [0.2, 0.25) is 5.88 Å². The topological polar surface area (TPSA) is 84.8 Å². The van der Waals surface area contributed by atoms with E-state index in [1.165, 1.54) is 6.42 Å². The number of hydrogen-bond donors (Lipinski definition) is 1. The van der Waals surface area contributed by atoms with Gasteiger partial charge in [0.1, 0.15) is 0 Å². The van der Waals surface area contributed by atoms with E-state index in [4.69, 9.17) is 9.57 Å². The standard InChI is InChI=1S/C24H38N6O3/c1-4-19(5-2)33-21-9-8-20-22(27-28(3)23(20)26-21)24(31)25-18-10-13-29(14-11-18)15-16-30-12-6-7-17-32-30/h8-9,18-19H,4-7,10-17H2,1-3H3,(H,25,31). The first-order chi connectivity index (χ1) is 16.1. The fraction of sp³-hybridized carbons (Fsp3) is 0.708.